The third-order valence-electron chi connectivity index (χ3n) is 4.18. The van der Waals surface area contributed by atoms with Gasteiger partial charge in [0, 0.05) is 37.9 Å². The van der Waals surface area contributed by atoms with Crippen LogP contribution in [0.15, 0.2) is 30.6 Å². The molecule has 1 amide bonds. The van der Waals surface area contributed by atoms with Gasteiger partial charge in [0.05, 0.1) is 0 Å². The summed E-state index contributed by atoms with van der Waals surface area (Å²) >= 11 is 0. The lowest BCUT2D eigenvalue weighted by atomic mass is 9.88. The van der Waals surface area contributed by atoms with E-state index in [1.807, 2.05) is 4.90 Å². The summed E-state index contributed by atoms with van der Waals surface area (Å²) < 4.78 is 2.21. The first-order valence-electron chi connectivity index (χ1n) is 6.98. The Hall–Kier alpha value is -1.77. The number of piperidine rings is 1. The topological polar surface area (TPSA) is 24.7 Å². The van der Waals surface area contributed by atoms with E-state index in [2.05, 4.69) is 41.9 Å². The number of hydrogen-bond donors (Lipinski definition) is 0. The van der Waals surface area contributed by atoms with E-state index in [-0.39, 0.29) is 5.91 Å². The normalized spacial score (nSPS) is 17.1. The molecule has 3 heterocycles. The number of rotatable bonds is 1. The van der Waals surface area contributed by atoms with Crippen LogP contribution in [0.1, 0.15) is 36.8 Å². The largest absolute Gasteiger partial charge is 0.343 e. The maximum absolute atomic E-state index is 11.4. The van der Waals surface area contributed by atoms with Gasteiger partial charge >= 0.3 is 0 Å². The van der Waals surface area contributed by atoms with Crippen molar-refractivity contribution in [3.63, 3.8) is 0 Å². The first-order chi connectivity index (χ1) is 9.15. The van der Waals surface area contributed by atoms with Crippen LogP contribution in [-0.4, -0.2) is 28.3 Å². The standard InChI is InChI=1S/C16H20N2O/c1-12-10-15(16-4-3-7-18(16)11-12)14-5-8-17(9-6-14)13(2)19/h3-4,7,10-11,14H,5-6,8-9H2,1-2H3. The molecular weight excluding hydrogens is 236 g/mol. The second kappa shape index (κ2) is 4.72. The first kappa shape index (κ1) is 12.3. The minimum atomic E-state index is 0.204. The van der Waals surface area contributed by atoms with Crippen LogP contribution in [0.25, 0.3) is 5.52 Å². The quantitative estimate of drug-likeness (QED) is 0.770. The Kier molecular flexibility index (Phi) is 3.05. The Morgan fingerprint density at radius 1 is 1.32 bits per heavy atom. The van der Waals surface area contributed by atoms with Gasteiger partial charge in [-0.1, -0.05) is 6.07 Å². The third kappa shape index (κ3) is 2.25. The molecule has 0 radical (unpaired) electrons. The number of pyridine rings is 1. The van der Waals surface area contributed by atoms with Gasteiger partial charge in [-0.3, -0.25) is 4.79 Å². The number of hydrogen-bond acceptors (Lipinski definition) is 1. The van der Waals surface area contributed by atoms with Crippen molar-refractivity contribution in [1.82, 2.24) is 9.30 Å². The Labute approximate surface area is 113 Å². The van der Waals surface area contributed by atoms with E-state index in [0.29, 0.717) is 5.92 Å². The molecule has 1 aliphatic rings. The highest BCUT2D eigenvalue weighted by atomic mass is 16.2. The van der Waals surface area contributed by atoms with E-state index in [4.69, 9.17) is 0 Å². The SMILES string of the molecule is CC(=O)N1CCC(c2cc(C)cn3cccc23)CC1. The highest BCUT2D eigenvalue weighted by Gasteiger charge is 2.23. The molecule has 1 saturated heterocycles. The first-order valence-corrected chi connectivity index (χ1v) is 6.98. The zero-order valence-electron chi connectivity index (χ0n) is 11.6. The Bertz CT molecular complexity index is 606. The molecule has 0 aromatic carbocycles. The molecular formula is C16H20N2O. The van der Waals surface area contributed by atoms with Crippen LogP contribution in [0.3, 0.4) is 0 Å². The van der Waals surface area contributed by atoms with Gasteiger partial charge in [-0.15, -0.1) is 0 Å². The third-order valence-corrected chi connectivity index (χ3v) is 4.18. The van der Waals surface area contributed by atoms with Crippen LogP contribution in [0.4, 0.5) is 0 Å². The van der Waals surface area contributed by atoms with Crippen molar-refractivity contribution >= 4 is 11.4 Å². The molecule has 0 bridgehead atoms. The lowest BCUT2D eigenvalue weighted by Crippen LogP contribution is -2.36. The average Bonchev–Trinajstić information content (AvgIpc) is 2.85. The summed E-state index contributed by atoms with van der Waals surface area (Å²) in [6.45, 7) is 5.59. The van der Waals surface area contributed by atoms with Crippen LogP contribution in [0.5, 0.6) is 0 Å². The molecule has 3 nitrogen and oxygen atoms in total. The van der Waals surface area contributed by atoms with Crippen molar-refractivity contribution in [2.75, 3.05) is 13.1 Å². The summed E-state index contributed by atoms with van der Waals surface area (Å²) in [6, 6.07) is 6.60. The summed E-state index contributed by atoms with van der Waals surface area (Å²) in [4.78, 5) is 13.3. The predicted octanol–water partition coefficient (Wildman–Crippen LogP) is 2.97. The molecule has 2 aromatic heterocycles. The van der Waals surface area contributed by atoms with E-state index in [1.54, 1.807) is 6.92 Å². The Morgan fingerprint density at radius 2 is 2.05 bits per heavy atom. The van der Waals surface area contributed by atoms with Crippen molar-refractivity contribution in [2.24, 2.45) is 0 Å². The van der Waals surface area contributed by atoms with Crippen molar-refractivity contribution in [3.8, 4) is 0 Å². The van der Waals surface area contributed by atoms with Crippen molar-refractivity contribution in [2.45, 2.75) is 32.6 Å². The highest BCUT2D eigenvalue weighted by molar-refractivity contribution is 5.73. The van der Waals surface area contributed by atoms with Gasteiger partial charge in [-0.25, -0.2) is 0 Å². The molecule has 0 N–H and O–H groups in total. The van der Waals surface area contributed by atoms with Gasteiger partial charge in [0.25, 0.3) is 0 Å². The summed E-state index contributed by atoms with van der Waals surface area (Å²) in [6.07, 6.45) is 6.42. The fraction of sp³-hybridized carbons (Fsp3) is 0.438. The molecule has 1 fully saturated rings. The van der Waals surface area contributed by atoms with Crippen LogP contribution in [-0.2, 0) is 4.79 Å². The molecule has 3 rings (SSSR count). The number of aryl methyl sites for hydroxylation is 1. The molecule has 2 aromatic rings. The van der Waals surface area contributed by atoms with Crippen LogP contribution in [0.2, 0.25) is 0 Å². The van der Waals surface area contributed by atoms with Crippen molar-refractivity contribution in [1.29, 1.82) is 0 Å². The number of likely N-dealkylation sites (tertiary alicyclic amines) is 1. The van der Waals surface area contributed by atoms with E-state index in [0.717, 1.165) is 25.9 Å². The van der Waals surface area contributed by atoms with Gasteiger partial charge < -0.3 is 9.30 Å². The van der Waals surface area contributed by atoms with E-state index >= 15 is 0 Å². The number of amides is 1. The number of aromatic nitrogens is 1. The molecule has 3 heteroatoms. The number of carbonyl (C=O) groups is 1. The number of nitrogens with zero attached hydrogens (tertiary/aromatic N) is 2. The fourth-order valence-electron chi connectivity index (χ4n) is 3.16. The van der Waals surface area contributed by atoms with Crippen LogP contribution in [0, 0.1) is 6.92 Å². The molecule has 0 aliphatic carbocycles. The second-order valence-corrected chi connectivity index (χ2v) is 5.55. The summed E-state index contributed by atoms with van der Waals surface area (Å²) in [5.74, 6) is 0.781. The summed E-state index contributed by atoms with van der Waals surface area (Å²) in [7, 11) is 0. The lowest BCUT2D eigenvalue weighted by Gasteiger charge is -2.32. The molecule has 0 atom stereocenters. The molecule has 19 heavy (non-hydrogen) atoms. The Morgan fingerprint density at radius 3 is 2.74 bits per heavy atom. The minimum absolute atomic E-state index is 0.204. The zero-order valence-corrected chi connectivity index (χ0v) is 11.6. The monoisotopic (exact) mass is 256 g/mol. The van der Waals surface area contributed by atoms with E-state index in [1.165, 1.54) is 16.6 Å². The van der Waals surface area contributed by atoms with Gasteiger partial charge in [0.2, 0.25) is 5.91 Å². The Balaban J connectivity index is 1.89. The van der Waals surface area contributed by atoms with Gasteiger partial charge in [0.1, 0.15) is 0 Å². The van der Waals surface area contributed by atoms with Gasteiger partial charge in [-0.2, -0.15) is 0 Å². The summed E-state index contributed by atoms with van der Waals surface area (Å²) in [5, 5.41) is 0. The predicted molar refractivity (Wildman–Crippen MR) is 76.4 cm³/mol. The maximum atomic E-state index is 11.4. The molecule has 0 spiro atoms. The smallest absolute Gasteiger partial charge is 0.219 e. The minimum Gasteiger partial charge on any atom is -0.343 e. The number of carbonyl (C=O) groups excluding carboxylic acids is 1. The van der Waals surface area contributed by atoms with Crippen LogP contribution >= 0.6 is 0 Å². The molecule has 0 saturated carbocycles. The molecule has 0 unspecified atom stereocenters. The molecule has 100 valence electrons. The average molecular weight is 256 g/mol. The van der Waals surface area contributed by atoms with Crippen molar-refractivity contribution < 1.29 is 4.79 Å². The van der Waals surface area contributed by atoms with Gasteiger partial charge in [0.15, 0.2) is 0 Å². The van der Waals surface area contributed by atoms with Gasteiger partial charge in [-0.05, 0) is 48.9 Å². The number of fused-ring (bicyclic) bond motifs is 1. The zero-order chi connectivity index (χ0) is 13.4. The maximum Gasteiger partial charge on any atom is 0.219 e. The lowest BCUT2D eigenvalue weighted by molar-refractivity contribution is -0.129. The van der Waals surface area contributed by atoms with Crippen molar-refractivity contribution in [3.05, 3.63) is 41.7 Å². The van der Waals surface area contributed by atoms with E-state index in [9.17, 15) is 4.79 Å². The van der Waals surface area contributed by atoms with Crippen LogP contribution < -0.4 is 0 Å². The second-order valence-electron chi connectivity index (χ2n) is 5.55. The molecule has 1 aliphatic heterocycles. The summed E-state index contributed by atoms with van der Waals surface area (Å²) in [5.41, 5.74) is 4.05. The fourth-order valence-corrected chi connectivity index (χ4v) is 3.16. The highest BCUT2D eigenvalue weighted by Crippen LogP contribution is 2.31. The van der Waals surface area contributed by atoms with E-state index < -0.39 is 0 Å².